The lowest BCUT2D eigenvalue weighted by Crippen LogP contribution is -2.37. The molecule has 1 aromatic carbocycles. The minimum atomic E-state index is -0.677. The lowest BCUT2D eigenvalue weighted by Gasteiger charge is -2.20. The molecule has 1 N–H and O–H groups in total. The van der Waals surface area contributed by atoms with Gasteiger partial charge in [-0.3, -0.25) is 14.4 Å². The Morgan fingerprint density at radius 3 is 2.35 bits per heavy atom. The number of esters is 1. The summed E-state index contributed by atoms with van der Waals surface area (Å²) in [4.78, 5) is 37.2. The minimum absolute atomic E-state index is 0.304. The quantitative estimate of drug-likeness (QED) is 0.507. The lowest BCUT2D eigenvalue weighted by atomic mass is 10.2. The van der Waals surface area contributed by atoms with E-state index >= 15 is 0 Å². The van der Waals surface area contributed by atoms with Gasteiger partial charge in [-0.05, 0) is 45.0 Å². The highest BCUT2D eigenvalue weighted by Crippen LogP contribution is 2.11. The van der Waals surface area contributed by atoms with Gasteiger partial charge in [0, 0.05) is 18.7 Å². The molecule has 0 spiro atoms. The Bertz CT molecular complexity index is 640. The van der Waals surface area contributed by atoms with Crippen LogP contribution < -0.4 is 10.1 Å². The molecular formula is C19H26N2O5. The zero-order valence-electron chi connectivity index (χ0n) is 15.5. The van der Waals surface area contributed by atoms with Crippen LogP contribution in [0.3, 0.4) is 0 Å². The maximum absolute atomic E-state index is 12.0. The molecule has 1 aromatic rings. The molecule has 0 aliphatic heterocycles. The fraction of sp³-hybridized carbons (Fsp3) is 0.421. The zero-order valence-corrected chi connectivity index (χ0v) is 15.5. The van der Waals surface area contributed by atoms with E-state index in [9.17, 15) is 14.4 Å². The largest absolute Gasteiger partial charge is 0.494 e. The minimum Gasteiger partial charge on any atom is -0.494 e. The summed E-state index contributed by atoms with van der Waals surface area (Å²) in [6.45, 7) is 10.1. The number of carbonyl (C=O) groups is 3. The van der Waals surface area contributed by atoms with Crippen LogP contribution >= 0.6 is 0 Å². The van der Waals surface area contributed by atoms with Gasteiger partial charge in [0.15, 0.2) is 6.61 Å². The van der Waals surface area contributed by atoms with Gasteiger partial charge in [0.2, 0.25) is 0 Å². The number of carbonyl (C=O) groups excluding carboxylic acids is 3. The Hall–Kier alpha value is -2.83. The maximum Gasteiger partial charge on any atom is 0.325 e. The molecule has 142 valence electrons. The highest BCUT2D eigenvalue weighted by Gasteiger charge is 2.15. The Labute approximate surface area is 154 Å². The average Bonchev–Trinajstić information content (AvgIpc) is 2.62. The van der Waals surface area contributed by atoms with Crippen molar-refractivity contribution in [3.05, 3.63) is 42.0 Å². The standard InChI is InChI=1S/C19H26N2O5/c1-5-21(12-14(3)4)17(22)13-26-18(23)11-20-19(24)15-7-9-16(10-8-15)25-6-2/h7-10H,3,5-6,11-13H2,1-2,4H3,(H,20,24). The number of nitrogens with one attached hydrogen (secondary N) is 1. The number of likely N-dealkylation sites (N-methyl/N-ethyl adjacent to an activating group) is 1. The third kappa shape index (κ3) is 7.38. The highest BCUT2D eigenvalue weighted by molar-refractivity contribution is 5.96. The van der Waals surface area contributed by atoms with Crippen molar-refractivity contribution in [1.82, 2.24) is 10.2 Å². The summed E-state index contributed by atoms with van der Waals surface area (Å²) in [5.41, 5.74) is 1.24. The molecular weight excluding hydrogens is 336 g/mol. The first kappa shape index (κ1) is 21.2. The van der Waals surface area contributed by atoms with Crippen LogP contribution in [0, 0.1) is 0 Å². The number of rotatable bonds is 10. The summed E-state index contributed by atoms with van der Waals surface area (Å²) < 4.78 is 10.2. The zero-order chi connectivity index (χ0) is 19.5. The van der Waals surface area contributed by atoms with Gasteiger partial charge in [-0.2, -0.15) is 0 Å². The number of amides is 2. The lowest BCUT2D eigenvalue weighted by molar-refractivity contribution is -0.150. The topological polar surface area (TPSA) is 84.9 Å². The van der Waals surface area contributed by atoms with Gasteiger partial charge in [-0.25, -0.2) is 0 Å². The summed E-state index contributed by atoms with van der Waals surface area (Å²) in [6.07, 6.45) is 0. The molecule has 0 radical (unpaired) electrons. The first-order valence-corrected chi connectivity index (χ1v) is 8.46. The SMILES string of the molecule is C=C(C)CN(CC)C(=O)COC(=O)CNC(=O)c1ccc(OCC)cc1. The molecule has 7 heteroatoms. The van der Waals surface area contributed by atoms with E-state index in [0.717, 1.165) is 5.57 Å². The molecule has 26 heavy (non-hydrogen) atoms. The summed E-state index contributed by atoms with van der Waals surface area (Å²) in [5, 5.41) is 2.46. The molecule has 0 aromatic heterocycles. The van der Waals surface area contributed by atoms with E-state index in [4.69, 9.17) is 9.47 Å². The Morgan fingerprint density at radius 1 is 1.15 bits per heavy atom. The molecule has 2 amide bonds. The highest BCUT2D eigenvalue weighted by atomic mass is 16.5. The van der Waals surface area contributed by atoms with E-state index in [1.165, 1.54) is 4.90 Å². The Morgan fingerprint density at radius 2 is 1.81 bits per heavy atom. The van der Waals surface area contributed by atoms with Crippen molar-refractivity contribution < 1.29 is 23.9 Å². The summed E-state index contributed by atoms with van der Waals surface area (Å²) in [5.74, 6) is -0.725. The normalized spacial score (nSPS) is 9.96. The van der Waals surface area contributed by atoms with Crippen molar-refractivity contribution in [1.29, 1.82) is 0 Å². The smallest absolute Gasteiger partial charge is 0.325 e. The molecule has 0 bridgehead atoms. The molecule has 0 saturated carbocycles. The summed E-state index contributed by atoms with van der Waals surface area (Å²) >= 11 is 0. The molecule has 0 aliphatic carbocycles. The molecule has 0 aliphatic rings. The number of ether oxygens (including phenoxy) is 2. The molecule has 0 fully saturated rings. The number of hydrogen-bond acceptors (Lipinski definition) is 5. The fourth-order valence-electron chi connectivity index (χ4n) is 2.11. The molecule has 7 nitrogen and oxygen atoms in total. The molecule has 0 unspecified atom stereocenters. The predicted molar refractivity (Wildman–Crippen MR) is 98.0 cm³/mol. The van der Waals surface area contributed by atoms with Gasteiger partial charge in [-0.15, -0.1) is 0 Å². The van der Waals surface area contributed by atoms with Crippen molar-refractivity contribution in [3.63, 3.8) is 0 Å². The van der Waals surface area contributed by atoms with E-state index in [-0.39, 0.29) is 19.1 Å². The van der Waals surface area contributed by atoms with Crippen LogP contribution in [-0.2, 0) is 14.3 Å². The van der Waals surface area contributed by atoms with Gasteiger partial charge >= 0.3 is 5.97 Å². The second-order valence-electron chi connectivity index (χ2n) is 5.67. The molecule has 0 heterocycles. The van der Waals surface area contributed by atoms with Crippen LogP contribution in [0.25, 0.3) is 0 Å². The van der Waals surface area contributed by atoms with E-state index in [1.54, 1.807) is 24.3 Å². The molecule has 1 rings (SSSR count). The maximum atomic E-state index is 12.0. The number of benzene rings is 1. The Kier molecular flexibility index (Phi) is 8.91. The second-order valence-corrected chi connectivity index (χ2v) is 5.67. The second kappa shape index (κ2) is 10.9. The first-order chi connectivity index (χ1) is 12.4. The number of nitrogens with zero attached hydrogens (tertiary/aromatic N) is 1. The van der Waals surface area contributed by atoms with Crippen molar-refractivity contribution in [2.24, 2.45) is 0 Å². The third-order valence-electron chi connectivity index (χ3n) is 3.37. The van der Waals surface area contributed by atoms with Crippen LogP contribution in [0.2, 0.25) is 0 Å². The fourth-order valence-corrected chi connectivity index (χ4v) is 2.11. The van der Waals surface area contributed by atoms with Crippen molar-refractivity contribution in [2.75, 3.05) is 32.8 Å². The summed E-state index contributed by atoms with van der Waals surface area (Å²) in [7, 11) is 0. The Balaban J connectivity index is 2.40. The van der Waals surface area contributed by atoms with Crippen LogP contribution in [0.5, 0.6) is 5.75 Å². The van der Waals surface area contributed by atoms with Crippen LogP contribution in [0.15, 0.2) is 36.4 Å². The van der Waals surface area contributed by atoms with Crippen molar-refractivity contribution >= 4 is 17.8 Å². The predicted octanol–water partition coefficient (Wildman–Crippen LogP) is 1.78. The summed E-state index contributed by atoms with van der Waals surface area (Å²) in [6, 6.07) is 6.56. The third-order valence-corrected chi connectivity index (χ3v) is 3.37. The van der Waals surface area contributed by atoms with Gasteiger partial charge in [0.1, 0.15) is 12.3 Å². The van der Waals surface area contributed by atoms with Crippen LogP contribution in [0.1, 0.15) is 31.1 Å². The van der Waals surface area contributed by atoms with Crippen LogP contribution in [0.4, 0.5) is 0 Å². The molecule has 0 atom stereocenters. The van der Waals surface area contributed by atoms with Crippen molar-refractivity contribution in [2.45, 2.75) is 20.8 Å². The van der Waals surface area contributed by atoms with E-state index in [1.807, 2.05) is 20.8 Å². The van der Waals surface area contributed by atoms with E-state index < -0.39 is 11.9 Å². The monoisotopic (exact) mass is 362 g/mol. The van der Waals surface area contributed by atoms with Crippen LogP contribution in [-0.4, -0.2) is 55.5 Å². The first-order valence-electron chi connectivity index (χ1n) is 8.46. The molecule has 0 saturated heterocycles. The van der Waals surface area contributed by atoms with Gasteiger partial charge in [0.25, 0.3) is 11.8 Å². The van der Waals surface area contributed by atoms with E-state index in [2.05, 4.69) is 11.9 Å². The van der Waals surface area contributed by atoms with Gasteiger partial charge in [-0.1, -0.05) is 12.2 Å². The van der Waals surface area contributed by atoms with Gasteiger partial charge in [0.05, 0.1) is 6.61 Å². The number of hydrogen-bond donors (Lipinski definition) is 1. The average molecular weight is 362 g/mol. The van der Waals surface area contributed by atoms with E-state index in [0.29, 0.717) is 31.0 Å². The van der Waals surface area contributed by atoms with Gasteiger partial charge < -0.3 is 19.7 Å². The van der Waals surface area contributed by atoms with Crippen molar-refractivity contribution in [3.8, 4) is 5.75 Å².